The minimum atomic E-state index is 0.509. The van der Waals surface area contributed by atoms with E-state index in [1.165, 1.54) is 11.3 Å². The molecule has 3 aromatic rings. The first-order valence-corrected chi connectivity index (χ1v) is 12.6. The number of hydrogen-bond acceptors (Lipinski definition) is 6. The predicted molar refractivity (Wildman–Crippen MR) is 146 cm³/mol. The maximum atomic E-state index is 5.62. The Kier molecular flexibility index (Phi) is 8.97. The summed E-state index contributed by atoms with van der Waals surface area (Å²) in [7, 11) is 7.92. The van der Waals surface area contributed by atoms with E-state index in [-0.39, 0.29) is 0 Å². The third-order valence-electron chi connectivity index (χ3n) is 6.42. The van der Waals surface area contributed by atoms with Crippen LogP contribution in [0, 0.1) is 0 Å². The molecule has 0 atom stereocenters. The third kappa shape index (κ3) is 5.54. The van der Waals surface area contributed by atoms with Gasteiger partial charge in [0.1, 0.15) is 11.6 Å². The van der Waals surface area contributed by atoms with Crippen molar-refractivity contribution in [3.05, 3.63) is 48.0 Å². The largest absolute Gasteiger partial charge is 0.496 e. The molecule has 0 saturated carbocycles. The number of rotatable bonds is 7. The second-order valence-electron chi connectivity index (χ2n) is 8.87. The smallest absolute Gasteiger partial charge is 0.227 e. The minimum Gasteiger partial charge on any atom is -0.496 e. The van der Waals surface area contributed by atoms with E-state index < -0.39 is 0 Å². The molecule has 184 valence electrons. The average molecular weight is 464 g/mol. The summed E-state index contributed by atoms with van der Waals surface area (Å²) >= 11 is 0. The van der Waals surface area contributed by atoms with Crippen molar-refractivity contribution in [2.24, 2.45) is 0 Å². The summed E-state index contributed by atoms with van der Waals surface area (Å²) in [6.45, 7) is 9.18. The van der Waals surface area contributed by atoms with E-state index in [0.29, 0.717) is 5.92 Å². The van der Waals surface area contributed by atoms with Gasteiger partial charge < -0.3 is 19.4 Å². The van der Waals surface area contributed by atoms with Crippen LogP contribution in [0.1, 0.15) is 51.5 Å². The molecule has 4 rings (SSSR count). The van der Waals surface area contributed by atoms with Gasteiger partial charge in [-0.1, -0.05) is 39.0 Å². The Morgan fingerprint density at radius 3 is 2.35 bits per heavy atom. The van der Waals surface area contributed by atoms with Crippen molar-refractivity contribution in [3.8, 4) is 5.75 Å². The highest BCUT2D eigenvalue weighted by Crippen LogP contribution is 2.37. The van der Waals surface area contributed by atoms with Crippen LogP contribution in [0.2, 0.25) is 0 Å². The zero-order valence-electron chi connectivity index (χ0n) is 22.0. The Morgan fingerprint density at radius 2 is 1.71 bits per heavy atom. The van der Waals surface area contributed by atoms with Crippen LogP contribution in [0.3, 0.4) is 0 Å². The maximum Gasteiger partial charge on any atom is 0.227 e. The Bertz CT molecular complexity index is 1060. The van der Waals surface area contributed by atoms with Crippen LogP contribution >= 0.6 is 0 Å². The van der Waals surface area contributed by atoms with Gasteiger partial charge in [0.15, 0.2) is 0 Å². The topological polar surface area (TPSA) is 44.7 Å². The van der Waals surface area contributed by atoms with Gasteiger partial charge in [-0.3, -0.25) is 0 Å². The fourth-order valence-electron chi connectivity index (χ4n) is 4.64. The summed E-state index contributed by atoms with van der Waals surface area (Å²) in [5.74, 6) is 3.31. The van der Waals surface area contributed by atoms with Crippen molar-refractivity contribution in [1.29, 1.82) is 0 Å². The van der Waals surface area contributed by atoms with Crippen LogP contribution in [-0.2, 0) is 0 Å². The van der Waals surface area contributed by atoms with Crippen molar-refractivity contribution in [2.45, 2.75) is 46.0 Å². The monoisotopic (exact) mass is 463 g/mol. The number of benzene rings is 2. The summed E-state index contributed by atoms with van der Waals surface area (Å²) in [5, 5.41) is 1.13. The van der Waals surface area contributed by atoms with Crippen LogP contribution in [0.5, 0.6) is 5.75 Å². The highest BCUT2D eigenvalue weighted by molar-refractivity contribution is 5.93. The van der Waals surface area contributed by atoms with Gasteiger partial charge in [0.05, 0.1) is 12.6 Å². The number of piperidine rings is 1. The summed E-state index contributed by atoms with van der Waals surface area (Å²) in [6.07, 6.45) is 3.28. The number of fused-ring (bicyclic) bond motifs is 1. The SMILES string of the molecule is CC.CCCN(C)c1ccc2nc(N(C)C)nc(N3CCC(c4ccccc4OC)CC3)c2c1. The lowest BCUT2D eigenvalue weighted by Crippen LogP contribution is -2.34. The van der Waals surface area contributed by atoms with E-state index in [1.54, 1.807) is 7.11 Å². The van der Waals surface area contributed by atoms with Gasteiger partial charge in [-0.25, -0.2) is 4.98 Å². The van der Waals surface area contributed by atoms with Crippen molar-refractivity contribution >= 4 is 28.4 Å². The summed E-state index contributed by atoms with van der Waals surface area (Å²) in [4.78, 5) is 16.5. The van der Waals surface area contributed by atoms with Gasteiger partial charge in [0.2, 0.25) is 5.95 Å². The number of nitrogens with zero attached hydrogens (tertiary/aromatic N) is 5. The molecule has 1 aliphatic heterocycles. The molecule has 6 nitrogen and oxygen atoms in total. The number of ether oxygens (including phenoxy) is 1. The Hall–Kier alpha value is -3.02. The van der Waals surface area contributed by atoms with Crippen molar-refractivity contribution in [3.63, 3.8) is 0 Å². The predicted octanol–water partition coefficient (Wildman–Crippen LogP) is 5.96. The Labute approximate surface area is 205 Å². The second-order valence-corrected chi connectivity index (χ2v) is 8.87. The molecule has 6 heteroatoms. The molecular formula is C28H41N5O. The maximum absolute atomic E-state index is 5.62. The Balaban J connectivity index is 0.00000158. The minimum absolute atomic E-state index is 0.509. The molecule has 1 aliphatic rings. The highest BCUT2D eigenvalue weighted by Gasteiger charge is 2.25. The quantitative estimate of drug-likeness (QED) is 0.431. The number of aromatic nitrogens is 2. The molecule has 0 spiro atoms. The van der Waals surface area contributed by atoms with Crippen LogP contribution in [-0.4, -0.2) is 57.9 Å². The molecular weight excluding hydrogens is 422 g/mol. The fourth-order valence-corrected chi connectivity index (χ4v) is 4.64. The van der Waals surface area contributed by atoms with Crippen molar-refractivity contribution in [1.82, 2.24) is 9.97 Å². The zero-order valence-corrected chi connectivity index (χ0v) is 22.0. The zero-order chi connectivity index (χ0) is 24.7. The number of para-hydroxylation sites is 1. The van der Waals surface area contributed by atoms with Gasteiger partial charge in [-0.2, -0.15) is 4.98 Å². The molecule has 0 aliphatic carbocycles. The molecule has 1 saturated heterocycles. The van der Waals surface area contributed by atoms with Crippen LogP contribution < -0.4 is 19.4 Å². The molecule has 0 bridgehead atoms. The molecule has 2 aromatic carbocycles. The first-order valence-electron chi connectivity index (χ1n) is 12.6. The average Bonchev–Trinajstić information content (AvgIpc) is 2.89. The number of methoxy groups -OCH3 is 1. The van der Waals surface area contributed by atoms with E-state index in [1.807, 2.05) is 38.9 Å². The first-order chi connectivity index (χ1) is 16.5. The lowest BCUT2D eigenvalue weighted by atomic mass is 9.88. The first kappa shape index (κ1) is 25.6. The van der Waals surface area contributed by atoms with Crippen LogP contribution in [0.15, 0.2) is 42.5 Å². The van der Waals surface area contributed by atoms with Gasteiger partial charge >= 0.3 is 0 Å². The molecule has 2 heterocycles. The van der Waals surface area contributed by atoms with Gasteiger partial charge in [-0.15, -0.1) is 0 Å². The molecule has 0 amide bonds. The summed E-state index contributed by atoms with van der Waals surface area (Å²) in [6, 6.07) is 15.0. The second kappa shape index (κ2) is 11.9. The molecule has 34 heavy (non-hydrogen) atoms. The summed E-state index contributed by atoms with van der Waals surface area (Å²) < 4.78 is 5.62. The van der Waals surface area contributed by atoms with Gasteiger partial charge in [-0.05, 0) is 55.0 Å². The third-order valence-corrected chi connectivity index (χ3v) is 6.42. The normalized spacial score (nSPS) is 13.9. The van der Waals surface area contributed by atoms with E-state index in [2.05, 4.69) is 60.2 Å². The standard InChI is InChI=1S/C26H35N5O.C2H6/c1-6-15-30(4)20-11-12-23-22(18-20)25(28-26(27-23)29(2)3)31-16-13-19(14-17-31)21-9-7-8-10-24(21)32-5;1-2/h7-12,18-19H,6,13-17H2,1-5H3;1-2H3. The fraction of sp³-hybridized carbons (Fsp3) is 0.500. The lowest BCUT2D eigenvalue weighted by Gasteiger charge is -2.34. The van der Waals surface area contributed by atoms with E-state index >= 15 is 0 Å². The molecule has 1 aromatic heterocycles. The number of hydrogen-bond donors (Lipinski definition) is 0. The molecule has 0 N–H and O–H groups in total. The van der Waals surface area contributed by atoms with Crippen LogP contribution in [0.4, 0.5) is 17.5 Å². The Morgan fingerprint density at radius 1 is 1.00 bits per heavy atom. The summed E-state index contributed by atoms with van der Waals surface area (Å²) in [5.41, 5.74) is 3.53. The molecule has 0 unspecified atom stereocenters. The lowest BCUT2D eigenvalue weighted by molar-refractivity contribution is 0.397. The highest BCUT2D eigenvalue weighted by atomic mass is 16.5. The van der Waals surface area contributed by atoms with Crippen molar-refractivity contribution < 1.29 is 4.74 Å². The van der Waals surface area contributed by atoms with E-state index in [0.717, 1.165) is 67.3 Å². The van der Waals surface area contributed by atoms with Gasteiger partial charge in [0, 0.05) is 51.9 Å². The van der Waals surface area contributed by atoms with E-state index in [9.17, 15) is 0 Å². The van der Waals surface area contributed by atoms with Gasteiger partial charge in [0.25, 0.3) is 0 Å². The van der Waals surface area contributed by atoms with E-state index in [4.69, 9.17) is 14.7 Å². The molecule has 0 radical (unpaired) electrons. The van der Waals surface area contributed by atoms with Crippen molar-refractivity contribution in [2.75, 3.05) is 62.6 Å². The molecule has 1 fully saturated rings. The van der Waals surface area contributed by atoms with Crippen LogP contribution in [0.25, 0.3) is 10.9 Å². The number of anilines is 3.